The maximum Gasteiger partial charge on any atom is 0.220 e. The van der Waals surface area contributed by atoms with Crippen molar-refractivity contribution >= 4 is 28.7 Å². The molecule has 0 aliphatic heterocycles. The zero-order valence-electron chi connectivity index (χ0n) is 18.4. The van der Waals surface area contributed by atoms with Crippen LogP contribution in [0.15, 0.2) is 36.4 Å². The smallest absolute Gasteiger partial charge is 0.220 e. The fourth-order valence-electron chi connectivity index (χ4n) is 3.45. The molecule has 0 fully saturated rings. The minimum Gasteiger partial charge on any atom is -0.493 e. The molecule has 1 unspecified atom stereocenters. The molecule has 0 aliphatic rings. The summed E-state index contributed by atoms with van der Waals surface area (Å²) < 4.78 is 16.2. The average molecular weight is 444 g/mol. The van der Waals surface area contributed by atoms with Crippen LogP contribution in [0, 0.1) is 0 Å². The van der Waals surface area contributed by atoms with E-state index in [4.69, 9.17) is 14.2 Å². The molecule has 1 atom stereocenters. The molecule has 0 radical (unpaired) electrons. The van der Waals surface area contributed by atoms with Gasteiger partial charge in [0.1, 0.15) is 5.82 Å². The van der Waals surface area contributed by atoms with Crippen LogP contribution >= 0.6 is 11.8 Å². The van der Waals surface area contributed by atoms with E-state index in [1.54, 1.807) is 33.1 Å². The molecule has 3 aromatic rings. The van der Waals surface area contributed by atoms with Crippen LogP contribution in [0.3, 0.4) is 0 Å². The summed E-state index contributed by atoms with van der Waals surface area (Å²) in [7, 11) is 4.73. The summed E-state index contributed by atoms with van der Waals surface area (Å²) in [5, 5.41) is 3.15. The normalized spacial score (nSPS) is 11.9. The number of hydrogen-bond donors (Lipinski definition) is 2. The summed E-state index contributed by atoms with van der Waals surface area (Å²) in [4.78, 5) is 20.8. The van der Waals surface area contributed by atoms with Crippen LogP contribution in [-0.2, 0) is 11.2 Å². The van der Waals surface area contributed by atoms with E-state index in [1.165, 1.54) is 0 Å². The van der Waals surface area contributed by atoms with Crippen LogP contribution in [-0.4, -0.2) is 49.2 Å². The van der Waals surface area contributed by atoms with Crippen molar-refractivity contribution < 1.29 is 19.0 Å². The Balaban J connectivity index is 1.70. The number of carbonyl (C=O) groups is 1. The van der Waals surface area contributed by atoms with Gasteiger partial charge < -0.3 is 24.5 Å². The van der Waals surface area contributed by atoms with Crippen molar-refractivity contribution in [3.63, 3.8) is 0 Å². The highest BCUT2D eigenvalue weighted by atomic mass is 32.2. The number of nitrogens with one attached hydrogen (secondary N) is 2. The van der Waals surface area contributed by atoms with Gasteiger partial charge in [-0.05, 0) is 54.7 Å². The van der Waals surface area contributed by atoms with Gasteiger partial charge >= 0.3 is 0 Å². The van der Waals surface area contributed by atoms with E-state index in [2.05, 4.69) is 21.5 Å². The van der Waals surface area contributed by atoms with Gasteiger partial charge in [-0.3, -0.25) is 4.79 Å². The van der Waals surface area contributed by atoms with Gasteiger partial charge in [0.05, 0.1) is 38.4 Å². The van der Waals surface area contributed by atoms with Crippen molar-refractivity contribution in [2.24, 2.45) is 0 Å². The monoisotopic (exact) mass is 443 g/mol. The first-order chi connectivity index (χ1) is 15.1. The van der Waals surface area contributed by atoms with Gasteiger partial charge in [-0.25, -0.2) is 4.98 Å². The number of benzene rings is 2. The number of aromatic amines is 1. The summed E-state index contributed by atoms with van der Waals surface area (Å²) >= 11 is 1.75. The summed E-state index contributed by atoms with van der Waals surface area (Å²) in [5.74, 6) is 3.39. The van der Waals surface area contributed by atoms with E-state index in [9.17, 15) is 4.79 Å². The van der Waals surface area contributed by atoms with Crippen LogP contribution in [0.25, 0.3) is 11.0 Å². The molecule has 1 aromatic heterocycles. The van der Waals surface area contributed by atoms with Crippen LogP contribution < -0.4 is 19.5 Å². The third-order valence-corrected chi connectivity index (χ3v) is 5.69. The van der Waals surface area contributed by atoms with Gasteiger partial charge in [0.2, 0.25) is 11.7 Å². The Kier molecular flexibility index (Phi) is 8.06. The minimum atomic E-state index is -0.160. The predicted molar refractivity (Wildman–Crippen MR) is 124 cm³/mol. The number of nitrogens with zero attached hydrogens (tertiary/aromatic N) is 1. The Labute approximate surface area is 186 Å². The Morgan fingerprint density at radius 1 is 1.13 bits per heavy atom. The number of rotatable bonds is 11. The molecule has 7 nitrogen and oxygen atoms in total. The highest BCUT2D eigenvalue weighted by Crippen LogP contribution is 2.38. The zero-order valence-corrected chi connectivity index (χ0v) is 19.2. The number of ether oxygens (including phenoxy) is 3. The number of methoxy groups -OCH3 is 3. The quantitative estimate of drug-likeness (QED) is 0.463. The molecule has 3 rings (SSSR count). The molecular weight excluding hydrogens is 414 g/mol. The Morgan fingerprint density at radius 3 is 2.45 bits per heavy atom. The lowest BCUT2D eigenvalue weighted by molar-refractivity contribution is -0.121. The first-order valence-electron chi connectivity index (χ1n) is 10.1. The number of H-pyrrole nitrogens is 1. The molecule has 2 aromatic carbocycles. The maximum absolute atomic E-state index is 12.8. The molecule has 0 saturated carbocycles. The summed E-state index contributed by atoms with van der Waals surface area (Å²) in [6, 6.07) is 11.5. The van der Waals surface area contributed by atoms with Crippen LogP contribution in [0.2, 0.25) is 0 Å². The van der Waals surface area contributed by atoms with Crippen molar-refractivity contribution in [1.29, 1.82) is 0 Å². The second-order valence-electron chi connectivity index (χ2n) is 7.07. The van der Waals surface area contributed by atoms with Gasteiger partial charge in [0.15, 0.2) is 11.5 Å². The average Bonchev–Trinajstić information content (AvgIpc) is 3.23. The third-order valence-electron chi connectivity index (χ3n) is 5.05. The standard InChI is InChI=1S/C23H29N3O4S/c1-28-19-13-15(14-20(29-2)22(19)30-3)9-10-21(27)24-18(11-12-31-4)23-25-16-7-5-6-8-17(16)26-23/h5-8,13-14,18H,9-12H2,1-4H3,(H,24,27)(H,25,26). The largest absolute Gasteiger partial charge is 0.493 e. The number of imidazole rings is 1. The molecule has 0 aliphatic carbocycles. The van der Waals surface area contributed by atoms with E-state index < -0.39 is 0 Å². The first-order valence-corrected chi connectivity index (χ1v) is 11.5. The van der Waals surface area contributed by atoms with E-state index in [-0.39, 0.29) is 11.9 Å². The summed E-state index contributed by atoms with van der Waals surface area (Å²) in [6.45, 7) is 0. The number of hydrogen-bond acceptors (Lipinski definition) is 6. The second kappa shape index (κ2) is 10.9. The van der Waals surface area contributed by atoms with Gasteiger partial charge in [0.25, 0.3) is 0 Å². The van der Waals surface area contributed by atoms with Crippen molar-refractivity contribution in [3.05, 3.63) is 47.8 Å². The van der Waals surface area contributed by atoms with Crippen LogP contribution in [0.1, 0.15) is 30.3 Å². The fourth-order valence-corrected chi connectivity index (χ4v) is 3.93. The third kappa shape index (κ3) is 5.64. The molecule has 1 heterocycles. The number of thioether (sulfide) groups is 1. The number of aryl methyl sites for hydroxylation is 1. The van der Waals surface area contributed by atoms with Gasteiger partial charge in [-0.15, -0.1) is 0 Å². The van der Waals surface area contributed by atoms with Crippen molar-refractivity contribution in [1.82, 2.24) is 15.3 Å². The lowest BCUT2D eigenvalue weighted by Crippen LogP contribution is -2.30. The molecule has 2 N–H and O–H groups in total. The lowest BCUT2D eigenvalue weighted by atomic mass is 10.1. The number of para-hydroxylation sites is 2. The SMILES string of the molecule is COc1cc(CCC(=O)NC(CCSC)c2nc3ccccc3[nH]2)cc(OC)c1OC. The van der Waals surface area contributed by atoms with Crippen LogP contribution in [0.5, 0.6) is 17.2 Å². The highest BCUT2D eigenvalue weighted by Gasteiger charge is 2.19. The van der Waals surface area contributed by atoms with E-state index in [0.717, 1.165) is 34.6 Å². The second-order valence-corrected chi connectivity index (χ2v) is 8.06. The molecular formula is C23H29N3O4S. The minimum absolute atomic E-state index is 0.0275. The van der Waals surface area contributed by atoms with Gasteiger partial charge in [-0.1, -0.05) is 12.1 Å². The van der Waals surface area contributed by atoms with E-state index in [1.807, 2.05) is 36.4 Å². The molecule has 0 saturated heterocycles. The maximum atomic E-state index is 12.8. The number of fused-ring (bicyclic) bond motifs is 1. The van der Waals surface area contributed by atoms with Crippen molar-refractivity contribution in [3.8, 4) is 17.2 Å². The molecule has 1 amide bonds. The lowest BCUT2D eigenvalue weighted by Gasteiger charge is -2.17. The topological polar surface area (TPSA) is 85.5 Å². The number of amides is 1. The summed E-state index contributed by atoms with van der Waals surface area (Å²) in [6.07, 6.45) is 3.76. The molecule has 166 valence electrons. The molecule has 0 spiro atoms. The molecule has 8 heteroatoms. The number of carbonyl (C=O) groups excluding carboxylic acids is 1. The van der Waals surface area contributed by atoms with Gasteiger partial charge in [0, 0.05) is 6.42 Å². The highest BCUT2D eigenvalue weighted by molar-refractivity contribution is 7.98. The van der Waals surface area contributed by atoms with Crippen LogP contribution in [0.4, 0.5) is 0 Å². The van der Waals surface area contributed by atoms with Crippen molar-refractivity contribution in [2.45, 2.75) is 25.3 Å². The number of aromatic nitrogens is 2. The zero-order chi connectivity index (χ0) is 22.2. The first kappa shape index (κ1) is 22.8. The Bertz CT molecular complexity index is 963. The van der Waals surface area contributed by atoms with E-state index >= 15 is 0 Å². The molecule has 31 heavy (non-hydrogen) atoms. The Hall–Kier alpha value is -2.87. The fraction of sp³-hybridized carbons (Fsp3) is 0.391. The summed E-state index contributed by atoms with van der Waals surface area (Å²) in [5.41, 5.74) is 2.81. The Morgan fingerprint density at radius 2 is 1.84 bits per heavy atom. The van der Waals surface area contributed by atoms with Gasteiger partial charge in [-0.2, -0.15) is 11.8 Å². The van der Waals surface area contributed by atoms with E-state index in [0.29, 0.717) is 30.1 Å². The van der Waals surface area contributed by atoms with Crippen molar-refractivity contribution in [2.75, 3.05) is 33.3 Å². The predicted octanol–water partition coefficient (Wildman–Crippen LogP) is 4.13. The molecule has 0 bridgehead atoms.